The maximum atomic E-state index is 12.3. The Hall–Kier alpha value is -2.24. The molecule has 0 saturated carbocycles. The maximum Gasteiger partial charge on any atom is 0.256 e. The van der Waals surface area contributed by atoms with Crippen molar-refractivity contribution in [1.29, 1.82) is 0 Å². The molecule has 3 heterocycles. The highest BCUT2D eigenvalue weighted by Gasteiger charge is 2.22. The fraction of sp³-hybridized carbons (Fsp3) is 0.500. The molecule has 0 amide bonds. The Morgan fingerprint density at radius 3 is 2.82 bits per heavy atom. The first-order chi connectivity index (χ1) is 10.6. The minimum atomic E-state index is 0.0951. The Labute approximate surface area is 129 Å². The monoisotopic (exact) mass is 299 g/mol. The molecule has 6 nitrogen and oxygen atoms in total. The van der Waals surface area contributed by atoms with Crippen LogP contribution in [0.1, 0.15) is 43.6 Å². The SMILES string of the molecule is CCn1cnc2c(c1=O)CCN(c1cc(C(C)C)ncn1)C2. The van der Waals surface area contributed by atoms with Gasteiger partial charge in [-0.25, -0.2) is 15.0 Å². The van der Waals surface area contributed by atoms with Gasteiger partial charge in [-0.3, -0.25) is 9.36 Å². The Morgan fingerprint density at radius 2 is 2.09 bits per heavy atom. The molecule has 0 saturated heterocycles. The fourth-order valence-corrected chi connectivity index (χ4v) is 2.73. The molecule has 0 N–H and O–H groups in total. The normalized spacial score (nSPS) is 14.3. The molecule has 2 aromatic heterocycles. The van der Waals surface area contributed by atoms with E-state index >= 15 is 0 Å². The number of hydrogen-bond donors (Lipinski definition) is 0. The summed E-state index contributed by atoms with van der Waals surface area (Å²) in [6.45, 7) is 8.26. The molecular weight excluding hydrogens is 278 g/mol. The molecule has 22 heavy (non-hydrogen) atoms. The number of hydrogen-bond acceptors (Lipinski definition) is 5. The molecule has 116 valence electrons. The number of anilines is 1. The van der Waals surface area contributed by atoms with Gasteiger partial charge in [0, 0.05) is 30.4 Å². The molecule has 0 bridgehead atoms. The summed E-state index contributed by atoms with van der Waals surface area (Å²) >= 11 is 0. The van der Waals surface area contributed by atoms with E-state index in [0.717, 1.165) is 29.3 Å². The average Bonchev–Trinajstić information content (AvgIpc) is 2.55. The molecule has 0 aromatic carbocycles. The van der Waals surface area contributed by atoms with Crippen molar-refractivity contribution in [2.24, 2.45) is 0 Å². The lowest BCUT2D eigenvalue weighted by Crippen LogP contribution is -2.37. The van der Waals surface area contributed by atoms with Crippen LogP contribution in [-0.2, 0) is 19.5 Å². The molecule has 0 aliphatic carbocycles. The van der Waals surface area contributed by atoms with Gasteiger partial charge < -0.3 is 4.90 Å². The lowest BCUT2D eigenvalue weighted by atomic mass is 10.1. The first-order valence-electron chi connectivity index (χ1n) is 7.74. The molecule has 1 aliphatic rings. The number of rotatable bonds is 3. The van der Waals surface area contributed by atoms with Crippen LogP contribution in [0.5, 0.6) is 0 Å². The van der Waals surface area contributed by atoms with Gasteiger partial charge in [0.15, 0.2) is 0 Å². The highest BCUT2D eigenvalue weighted by atomic mass is 16.1. The predicted octanol–water partition coefficient (Wildman–Crippen LogP) is 1.74. The Kier molecular flexibility index (Phi) is 3.92. The first kappa shape index (κ1) is 14.7. The Morgan fingerprint density at radius 1 is 1.27 bits per heavy atom. The van der Waals surface area contributed by atoms with E-state index in [1.54, 1.807) is 17.2 Å². The van der Waals surface area contributed by atoms with Gasteiger partial charge in [0.05, 0.1) is 18.6 Å². The second-order valence-corrected chi connectivity index (χ2v) is 5.89. The van der Waals surface area contributed by atoms with Crippen LogP contribution in [0.15, 0.2) is 23.5 Å². The van der Waals surface area contributed by atoms with Gasteiger partial charge in [0.2, 0.25) is 0 Å². The molecule has 0 atom stereocenters. The van der Waals surface area contributed by atoms with Gasteiger partial charge in [0.1, 0.15) is 12.1 Å². The topological polar surface area (TPSA) is 63.9 Å². The van der Waals surface area contributed by atoms with Crippen molar-refractivity contribution in [1.82, 2.24) is 19.5 Å². The van der Waals surface area contributed by atoms with Crippen LogP contribution < -0.4 is 10.5 Å². The second-order valence-electron chi connectivity index (χ2n) is 5.89. The van der Waals surface area contributed by atoms with Crippen LogP contribution in [-0.4, -0.2) is 26.1 Å². The van der Waals surface area contributed by atoms with Crippen LogP contribution >= 0.6 is 0 Å². The number of aromatic nitrogens is 4. The zero-order chi connectivity index (χ0) is 15.7. The molecule has 6 heteroatoms. The molecule has 2 aromatic rings. The van der Waals surface area contributed by atoms with Crippen LogP contribution in [0.3, 0.4) is 0 Å². The van der Waals surface area contributed by atoms with Crippen molar-refractivity contribution < 1.29 is 0 Å². The van der Waals surface area contributed by atoms with Crippen LogP contribution in [0, 0.1) is 0 Å². The standard InChI is InChI=1S/C16H21N5O/c1-4-20-10-19-14-8-21(6-5-12(14)16(20)22)15-7-13(11(2)3)17-9-18-15/h7,9-11H,4-6,8H2,1-3H3. The van der Waals surface area contributed by atoms with E-state index in [2.05, 4.69) is 33.7 Å². The largest absolute Gasteiger partial charge is 0.350 e. The molecule has 1 aliphatic heterocycles. The number of fused-ring (bicyclic) bond motifs is 1. The summed E-state index contributed by atoms with van der Waals surface area (Å²) in [5.74, 6) is 1.28. The van der Waals surface area contributed by atoms with Crippen molar-refractivity contribution in [3.8, 4) is 0 Å². The zero-order valence-electron chi connectivity index (χ0n) is 13.3. The summed E-state index contributed by atoms with van der Waals surface area (Å²) in [7, 11) is 0. The predicted molar refractivity (Wildman–Crippen MR) is 85.0 cm³/mol. The summed E-state index contributed by atoms with van der Waals surface area (Å²) < 4.78 is 1.66. The highest BCUT2D eigenvalue weighted by Crippen LogP contribution is 2.22. The average molecular weight is 299 g/mol. The van der Waals surface area contributed by atoms with E-state index in [9.17, 15) is 4.79 Å². The summed E-state index contributed by atoms with van der Waals surface area (Å²) in [6, 6.07) is 2.03. The van der Waals surface area contributed by atoms with Gasteiger partial charge in [-0.1, -0.05) is 13.8 Å². The van der Waals surface area contributed by atoms with E-state index < -0.39 is 0 Å². The van der Waals surface area contributed by atoms with Crippen molar-refractivity contribution >= 4 is 5.82 Å². The van der Waals surface area contributed by atoms with E-state index in [4.69, 9.17) is 0 Å². The Balaban J connectivity index is 1.90. The third kappa shape index (κ3) is 2.61. The quantitative estimate of drug-likeness (QED) is 0.864. The number of nitrogens with zero attached hydrogens (tertiary/aromatic N) is 5. The first-order valence-corrected chi connectivity index (χ1v) is 7.74. The fourth-order valence-electron chi connectivity index (χ4n) is 2.73. The summed E-state index contributed by atoms with van der Waals surface area (Å²) in [5.41, 5.74) is 2.84. The van der Waals surface area contributed by atoms with Crippen LogP contribution in [0.2, 0.25) is 0 Å². The number of aryl methyl sites for hydroxylation is 1. The zero-order valence-corrected chi connectivity index (χ0v) is 13.3. The molecule has 0 unspecified atom stereocenters. The molecular formula is C16H21N5O. The van der Waals surface area contributed by atoms with Crippen molar-refractivity contribution in [3.05, 3.63) is 46.0 Å². The minimum Gasteiger partial charge on any atom is -0.350 e. The van der Waals surface area contributed by atoms with Crippen LogP contribution in [0.25, 0.3) is 0 Å². The summed E-state index contributed by atoms with van der Waals surface area (Å²) in [4.78, 5) is 27.6. The van der Waals surface area contributed by atoms with Gasteiger partial charge in [-0.05, 0) is 19.3 Å². The van der Waals surface area contributed by atoms with Gasteiger partial charge in [-0.2, -0.15) is 0 Å². The molecule has 0 radical (unpaired) electrons. The van der Waals surface area contributed by atoms with Crippen molar-refractivity contribution in [2.75, 3.05) is 11.4 Å². The van der Waals surface area contributed by atoms with E-state index in [0.29, 0.717) is 25.4 Å². The second kappa shape index (κ2) is 5.87. The minimum absolute atomic E-state index is 0.0951. The van der Waals surface area contributed by atoms with E-state index in [-0.39, 0.29) is 5.56 Å². The van der Waals surface area contributed by atoms with E-state index in [1.807, 2.05) is 13.0 Å². The van der Waals surface area contributed by atoms with Crippen molar-refractivity contribution in [2.45, 2.75) is 46.2 Å². The van der Waals surface area contributed by atoms with E-state index in [1.165, 1.54) is 0 Å². The van der Waals surface area contributed by atoms with Crippen LogP contribution in [0.4, 0.5) is 5.82 Å². The maximum absolute atomic E-state index is 12.3. The molecule has 3 rings (SSSR count). The molecule has 0 spiro atoms. The summed E-state index contributed by atoms with van der Waals surface area (Å²) in [6.07, 6.45) is 3.97. The van der Waals surface area contributed by atoms with Gasteiger partial charge >= 0.3 is 0 Å². The van der Waals surface area contributed by atoms with Gasteiger partial charge in [-0.15, -0.1) is 0 Å². The van der Waals surface area contributed by atoms with Gasteiger partial charge in [0.25, 0.3) is 5.56 Å². The smallest absolute Gasteiger partial charge is 0.256 e. The third-order valence-corrected chi connectivity index (χ3v) is 4.12. The van der Waals surface area contributed by atoms with Crippen molar-refractivity contribution in [3.63, 3.8) is 0 Å². The molecule has 0 fully saturated rings. The Bertz CT molecular complexity index is 738. The third-order valence-electron chi connectivity index (χ3n) is 4.12. The summed E-state index contributed by atoms with van der Waals surface area (Å²) in [5, 5.41) is 0. The lowest BCUT2D eigenvalue weighted by Gasteiger charge is -2.29. The highest BCUT2D eigenvalue weighted by molar-refractivity contribution is 5.42. The lowest BCUT2D eigenvalue weighted by molar-refractivity contribution is 0.633.